The van der Waals surface area contributed by atoms with Crippen LogP contribution in [0.4, 0.5) is 0 Å². The van der Waals surface area contributed by atoms with E-state index in [4.69, 9.17) is 14.5 Å². The molecule has 3 aromatic carbocycles. The van der Waals surface area contributed by atoms with Crippen LogP contribution < -0.4 is 10.1 Å². The third-order valence-corrected chi connectivity index (χ3v) is 6.90. The van der Waals surface area contributed by atoms with Crippen LogP contribution in [-0.2, 0) is 24.2 Å². The number of rotatable bonds is 10. The van der Waals surface area contributed by atoms with E-state index in [0.29, 0.717) is 58.8 Å². The van der Waals surface area contributed by atoms with Crippen molar-refractivity contribution >= 4 is 11.9 Å². The zero-order chi connectivity index (χ0) is 28.1. The van der Waals surface area contributed by atoms with Crippen molar-refractivity contribution in [3.8, 4) is 22.6 Å². The van der Waals surface area contributed by atoms with Crippen molar-refractivity contribution in [3.63, 3.8) is 0 Å². The molecule has 0 fully saturated rings. The number of phenols is 1. The Morgan fingerprint density at radius 3 is 2.33 bits per heavy atom. The number of nitrogens with one attached hydrogen (secondary N) is 1. The summed E-state index contributed by atoms with van der Waals surface area (Å²) in [6.45, 7) is 4.43. The number of pyridine rings is 1. The molecule has 1 aliphatic rings. The van der Waals surface area contributed by atoms with Gasteiger partial charge in [-0.1, -0.05) is 67.9 Å². The summed E-state index contributed by atoms with van der Waals surface area (Å²) in [5.41, 5.74) is 5.22. The van der Waals surface area contributed by atoms with Crippen LogP contribution in [0, 0.1) is 0 Å². The number of hydrogen-bond donors (Lipinski definition) is 2. The van der Waals surface area contributed by atoms with Crippen molar-refractivity contribution in [3.05, 3.63) is 113 Å². The number of aromatic hydroxyl groups is 1. The van der Waals surface area contributed by atoms with Gasteiger partial charge in [-0.2, -0.15) is 0 Å². The standard InChI is InChI=1S/C33H32N2O5/c1-3-8-26-29(33(38)39-4-2)28(23-13-17-25(18-14-23)40-20-22-9-6-5-7-10-22)30-31(34-26)27(35-32(30)37)19-21-11-15-24(36)16-12-21/h5-7,9-18,27,36H,3-4,8,19-20H2,1-2H3,(H,35,37). The number of nitrogens with zero attached hydrogens (tertiary/aromatic N) is 1. The lowest BCUT2D eigenvalue weighted by molar-refractivity contribution is 0.0525. The average Bonchev–Trinajstić information content (AvgIpc) is 3.27. The van der Waals surface area contributed by atoms with Crippen molar-refractivity contribution in [2.45, 2.75) is 45.8 Å². The molecule has 1 atom stereocenters. The van der Waals surface area contributed by atoms with Gasteiger partial charge in [0, 0.05) is 5.56 Å². The summed E-state index contributed by atoms with van der Waals surface area (Å²) in [5, 5.41) is 12.7. The summed E-state index contributed by atoms with van der Waals surface area (Å²) in [6, 6.07) is 23.9. The van der Waals surface area contributed by atoms with Crippen molar-refractivity contribution in [1.82, 2.24) is 10.3 Å². The molecule has 204 valence electrons. The van der Waals surface area contributed by atoms with Crippen molar-refractivity contribution < 1.29 is 24.2 Å². The first-order valence-electron chi connectivity index (χ1n) is 13.6. The summed E-state index contributed by atoms with van der Waals surface area (Å²) in [6.07, 6.45) is 1.84. The molecule has 7 heteroatoms. The summed E-state index contributed by atoms with van der Waals surface area (Å²) in [4.78, 5) is 31.7. The Bertz CT molecular complexity index is 1500. The van der Waals surface area contributed by atoms with Gasteiger partial charge in [0.25, 0.3) is 5.91 Å². The maximum Gasteiger partial charge on any atom is 0.340 e. The number of aromatic nitrogens is 1. The number of ether oxygens (including phenoxy) is 2. The fourth-order valence-corrected chi connectivity index (χ4v) is 5.04. The molecule has 0 radical (unpaired) electrons. The van der Waals surface area contributed by atoms with Crippen LogP contribution in [0.5, 0.6) is 11.5 Å². The minimum Gasteiger partial charge on any atom is -0.508 e. The molecular weight excluding hydrogens is 504 g/mol. The van der Waals surface area contributed by atoms with E-state index in [1.54, 1.807) is 19.1 Å². The SMILES string of the molecule is CCCc1nc2c(c(-c3ccc(OCc4ccccc4)cc3)c1C(=O)OCC)C(=O)NC2Cc1ccc(O)cc1. The third kappa shape index (κ3) is 5.69. The zero-order valence-electron chi connectivity index (χ0n) is 22.6. The highest BCUT2D eigenvalue weighted by molar-refractivity contribution is 6.10. The van der Waals surface area contributed by atoms with E-state index in [0.717, 1.165) is 17.5 Å². The van der Waals surface area contributed by atoms with Crippen molar-refractivity contribution in [2.75, 3.05) is 6.61 Å². The molecule has 0 saturated heterocycles. The Balaban J connectivity index is 1.57. The Kier molecular flexibility index (Phi) is 8.10. The molecule has 5 rings (SSSR count). The summed E-state index contributed by atoms with van der Waals surface area (Å²) < 4.78 is 11.4. The first kappa shape index (κ1) is 26.9. The molecule has 2 heterocycles. The van der Waals surface area contributed by atoms with E-state index in [1.807, 2.05) is 73.7 Å². The summed E-state index contributed by atoms with van der Waals surface area (Å²) in [5.74, 6) is 0.0923. The normalized spacial score (nSPS) is 13.9. The van der Waals surface area contributed by atoms with Crippen LogP contribution in [-0.4, -0.2) is 28.6 Å². The number of carbonyl (C=O) groups is 2. The van der Waals surface area contributed by atoms with Gasteiger partial charge in [-0.25, -0.2) is 4.79 Å². The molecule has 1 unspecified atom stereocenters. The molecule has 1 amide bonds. The maximum atomic E-state index is 13.5. The molecule has 0 aliphatic carbocycles. The van der Waals surface area contributed by atoms with Gasteiger partial charge in [0.2, 0.25) is 0 Å². The predicted octanol–water partition coefficient (Wildman–Crippen LogP) is 6.19. The highest BCUT2D eigenvalue weighted by atomic mass is 16.5. The van der Waals surface area contributed by atoms with Crippen LogP contribution in [0.3, 0.4) is 0 Å². The fourth-order valence-electron chi connectivity index (χ4n) is 5.04. The quantitative estimate of drug-likeness (QED) is 0.235. The predicted molar refractivity (Wildman–Crippen MR) is 152 cm³/mol. The highest BCUT2D eigenvalue weighted by Gasteiger charge is 2.37. The average molecular weight is 537 g/mol. The second-order valence-corrected chi connectivity index (χ2v) is 9.73. The van der Waals surface area contributed by atoms with E-state index in [1.165, 1.54) is 0 Å². The number of esters is 1. The molecule has 0 bridgehead atoms. The van der Waals surface area contributed by atoms with E-state index in [2.05, 4.69) is 5.32 Å². The molecule has 40 heavy (non-hydrogen) atoms. The molecule has 1 aliphatic heterocycles. The monoisotopic (exact) mass is 536 g/mol. The Morgan fingerprint density at radius 2 is 1.65 bits per heavy atom. The lowest BCUT2D eigenvalue weighted by Crippen LogP contribution is -2.21. The summed E-state index contributed by atoms with van der Waals surface area (Å²) >= 11 is 0. The zero-order valence-corrected chi connectivity index (χ0v) is 22.6. The number of carbonyl (C=O) groups excluding carboxylic acids is 2. The lowest BCUT2D eigenvalue weighted by Gasteiger charge is -2.18. The van der Waals surface area contributed by atoms with Gasteiger partial charge in [-0.3, -0.25) is 9.78 Å². The topological polar surface area (TPSA) is 97.8 Å². The van der Waals surface area contributed by atoms with Gasteiger partial charge < -0.3 is 19.9 Å². The first-order chi connectivity index (χ1) is 19.5. The molecule has 0 spiro atoms. The van der Waals surface area contributed by atoms with E-state index in [-0.39, 0.29) is 24.3 Å². The van der Waals surface area contributed by atoms with E-state index >= 15 is 0 Å². The fraction of sp³-hybridized carbons (Fsp3) is 0.242. The second-order valence-electron chi connectivity index (χ2n) is 9.73. The molecule has 0 saturated carbocycles. The van der Waals surface area contributed by atoms with Crippen molar-refractivity contribution in [2.24, 2.45) is 0 Å². The highest BCUT2D eigenvalue weighted by Crippen LogP contribution is 2.39. The van der Waals surface area contributed by atoms with Crippen LogP contribution in [0.25, 0.3) is 11.1 Å². The maximum absolute atomic E-state index is 13.5. The third-order valence-electron chi connectivity index (χ3n) is 6.90. The van der Waals surface area contributed by atoms with Crippen molar-refractivity contribution in [1.29, 1.82) is 0 Å². The number of hydrogen-bond acceptors (Lipinski definition) is 6. The smallest absolute Gasteiger partial charge is 0.340 e. The molecular formula is C33H32N2O5. The molecule has 7 nitrogen and oxygen atoms in total. The lowest BCUT2D eigenvalue weighted by atomic mass is 9.90. The largest absolute Gasteiger partial charge is 0.508 e. The minimum absolute atomic E-state index is 0.181. The van der Waals surface area contributed by atoms with Crippen LogP contribution in [0.2, 0.25) is 0 Å². The number of benzene rings is 3. The van der Waals surface area contributed by atoms with Crippen LogP contribution in [0.1, 0.15) is 69.5 Å². The van der Waals surface area contributed by atoms with E-state index < -0.39 is 5.97 Å². The Labute approximate surface area is 233 Å². The Morgan fingerprint density at radius 1 is 0.925 bits per heavy atom. The molecule has 1 aromatic heterocycles. The number of amides is 1. The molecule has 2 N–H and O–H groups in total. The van der Waals surface area contributed by atoms with Crippen LogP contribution >= 0.6 is 0 Å². The number of phenolic OH excluding ortho intramolecular Hbond substituents is 1. The number of fused-ring (bicyclic) bond motifs is 1. The van der Waals surface area contributed by atoms with Crippen LogP contribution in [0.15, 0.2) is 78.9 Å². The molecule has 4 aromatic rings. The van der Waals surface area contributed by atoms with Gasteiger partial charge in [-0.15, -0.1) is 0 Å². The second kappa shape index (κ2) is 12.0. The minimum atomic E-state index is -0.490. The van der Waals surface area contributed by atoms with Gasteiger partial charge in [0.1, 0.15) is 18.1 Å². The van der Waals surface area contributed by atoms with E-state index in [9.17, 15) is 14.7 Å². The summed E-state index contributed by atoms with van der Waals surface area (Å²) in [7, 11) is 0. The first-order valence-corrected chi connectivity index (χ1v) is 13.6. The van der Waals surface area contributed by atoms with Gasteiger partial charge >= 0.3 is 5.97 Å². The van der Waals surface area contributed by atoms with Gasteiger partial charge in [0.15, 0.2) is 0 Å². The van der Waals surface area contributed by atoms with Gasteiger partial charge in [0.05, 0.1) is 35.2 Å². The van der Waals surface area contributed by atoms with Gasteiger partial charge in [-0.05, 0) is 60.7 Å². The Hall–Kier alpha value is -4.65. The number of aryl methyl sites for hydroxylation is 1.